The molecule has 24 heavy (non-hydrogen) atoms. The van der Waals surface area contributed by atoms with Gasteiger partial charge in [0.2, 0.25) is 0 Å². The molecule has 4 nitrogen and oxygen atoms in total. The highest BCUT2D eigenvalue weighted by molar-refractivity contribution is 5.44. The number of benzene rings is 1. The average molecular weight is 334 g/mol. The minimum atomic E-state index is -1.88. The maximum atomic E-state index is 10.3. The van der Waals surface area contributed by atoms with Crippen LogP contribution in [0.25, 0.3) is 0 Å². The van der Waals surface area contributed by atoms with E-state index in [1.54, 1.807) is 25.3 Å². The number of methoxy groups -OCH3 is 1. The van der Waals surface area contributed by atoms with Gasteiger partial charge in [0.1, 0.15) is 0 Å². The first-order valence-electron chi connectivity index (χ1n) is 8.61. The molecule has 0 aliphatic heterocycles. The Morgan fingerprint density at radius 3 is 2.25 bits per heavy atom. The van der Waals surface area contributed by atoms with Crippen molar-refractivity contribution in [1.82, 2.24) is 0 Å². The lowest BCUT2D eigenvalue weighted by Gasteiger charge is -2.23. The van der Waals surface area contributed by atoms with Gasteiger partial charge in [0.25, 0.3) is 0 Å². The lowest BCUT2D eigenvalue weighted by molar-refractivity contribution is -0.173. The van der Waals surface area contributed by atoms with Crippen LogP contribution in [0.1, 0.15) is 51.5 Å². The summed E-state index contributed by atoms with van der Waals surface area (Å²) >= 11 is 0. The Bertz CT molecular complexity index is 532. The van der Waals surface area contributed by atoms with Crippen molar-refractivity contribution in [1.29, 1.82) is 0 Å². The summed E-state index contributed by atoms with van der Waals surface area (Å²) in [5, 5.41) is 20.6. The van der Waals surface area contributed by atoms with Crippen LogP contribution in [0.4, 0.5) is 0 Å². The SMILES string of the molecule is CCC=CCCOc1ccc(C(O)(O)CCC=CCC)cc1OC. The van der Waals surface area contributed by atoms with Crippen LogP contribution in [0.3, 0.4) is 0 Å². The van der Waals surface area contributed by atoms with Gasteiger partial charge in [-0.15, -0.1) is 0 Å². The Labute approximate surface area is 145 Å². The molecule has 0 saturated heterocycles. The first-order chi connectivity index (χ1) is 11.5. The Balaban J connectivity index is 2.73. The van der Waals surface area contributed by atoms with Crippen LogP contribution in [-0.2, 0) is 5.79 Å². The van der Waals surface area contributed by atoms with E-state index in [4.69, 9.17) is 9.47 Å². The van der Waals surface area contributed by atoms with Gasteiger partial charge in [-0.25, -0.2) is 0 Å². The van der Waals surface area contributed by atoms with Crippen LogP contribution in [-0.4, -0.2) is 23.9 Å². The second-order valence-electron chi connectivity index (χ2n) is 5.62. The van der Waals surface area contributed by atoms with Crippen molar-refractivity contribution in [3.8, 4) is 11.5 Å². The smallest absolute Gasteiger partial charge is 0.190 e. The third-order valence-electron chi connectivity index (χ3n) is 3.63. The molecule has 0 aliphatic carbocycles. The van der Waals surface area contributed by atoms with Crippen molar-refractivity contribution in [2.45, 2.75) is 51.7 Å². The number of hydrogen-bond donors (Lipinski definition) is 2. The summed E-state index contributed by atoms with van der Waals surface area (Å²) in [6.07, 6.45) is 11.8. The number of ether oxygens (including phenoxy) is 2. The molecule has 1 rings (SSSR count). The Hall–Kier alpha value is -1.78. The standard InChI is InChI=1S/C20H30O4/c1-4-6-8-10-14-20(21,22)17-12-13-18(19(16-17)23-3)24-15-11-9-7-5-2/h6-9,12-13,16,21-22H,4-5,10-11,14-15H2,1-3H3. The molecular weight excluding hydrogens is 304 g/mol. The summed E-state index contributed by atoms with van der Waals surface area (Å²) in [6, 6.07) is 5.02. The van der Waals surface area contributed by atoms with E-state index in [-0.39, 0.29) is 6.42 Å². The summed E-state index contributed by atoms with van der Waals surface area (Å²) in [5.41, 5.74) is 0.405. The molecule has 2 N–H and O–H groups in total. The fourth-order valence-electron chi connectivity index (χ4n) is 2.27. The summed E-state index contributed by atoms with van der Waals surface area (Å²) in [5.74, 6) is -0.773. The minimum absolute atomic E-state index is 0.231. The molecule has 0 amide bonds. The third-order valence-corrected chi connectivity index (χ3v) is 3.63. The zero-order chi connectivity index (χ0) is 17.8. The molecule has 0 saturated carbocycles. The molecule has 0 atom stereocenters. The van der Waals surface area contributed by atoms with Crippen molar-refractivity contribution in [3.63, 3.8) is 0 Å². The van der Waals surface area contributed by atoms with Crippen LogP contribution in [0, 0.1) is 0 Å². The van der Waals surface area contributed by atoms with E-state index in [1.165, 1.54) is 0 Å². The highest BCUT2D eigenvalue weighted by Crippen LogP contribution is 2.33. The summed E-state index contributed by atoms with van der Waals surface area (Å²) in [6.45, 7) is 4.69. The zero-order valence-corrected chi connectivity index (χ0v) is 15.0. The predicted molar refractivity (Wildman–Crippen MR) is 97.3 cm³/mol. The van der Waals surface area contributed by atoms with Crippen LogP contribution >= 0.6 is 0 Å². The quantitative estimate of drug-likeness (QED) is 0.359. The Morgan fingerprint density at radius 2 is 1.62 bits per heavy atom. The number of rotatable bonds is 11. The summed E-state index contributed by atoms with van der Waals surface area (Å²) in [7, 11) is 1.55. The molecule has 1 aromatic rings. The second kappa shape index (κ2) is 10.9. The Morgan fingerprint density at radius 1 is 0.958 bits per heavy atom. The van der Waals surface area contributed by atoms with Crippen LogP contribution < -0.4 is 9.47 Å². The van der Waals surface area contributed by atoms with E-state index in [9.17, 15) is 10.2 Å². The van der Waals surface area contributed by atoms with Gasteiger partial charge in [0, 0.05) is 12.0 Å². The van der Waals surface area contributed by atoms with E-state index in [1.807, 2.05) is 19.1 Å². The van der Waals surface area contributed by atoms with E-state index in [2.05, 4.69) is 19.1 Å². The number of aliphatic hydroxyl groups is 2. The van der Waals surface area contributed by atoms with Gasteiger partial charge in [-0.2, -0.15) is 0 Å². The monoisotopic (exact) mass is 334 g/mol. The predicted octanol–water partition coefficient (Wildman–Crippen LogP) is 4.31. The molecule has 1 aromatic carbocycles. The molecule has 4 heteroatoms. The van der Waals surface area contributed by atoms with Crippen molar-refractivity contribution >= 4 is 0 Å². The van der Waals surface area contributed by atoms with Crippen LogP contribution in [0.15, 0.2) is 42.5 Å². The van der Waals surface area contributed by atoms with Crippen molar-refractivity contribution in [2.24, 2.45) is 0 Å². The molecule has 0 aromatic heterocycles. The van der Waals surface area contributed by atoms with E-state index < -0.39 is 5.79 Å². The fraction of sp³-hybridized carbons (Fsp3) is 0.500. The van der Waals surface area contributed by atoms with Gasteiger partial charge in [0.15, 0.2) is 17.3 Å². The number of allylic oxidation sites excluding steroid dienone is 3. The highest BCUT2D eigenvalue weighted by atomic mass is 16.5. The minimum Gasteiger partial charge on any atom is -0.493 e. The topological polar surface area (TPSA) is 58.9 Å². The van der Waals surface area contributed by atoms with Gasteiger partial charge >= 0.3 is 0 Å². The first-order valence-corrected chi connectivity index (χ1v) is 8.61. The van der Waals surface area contributed by atoms with Crippen LogP contribution in [0.2, 0.25) is 0 Å². The Kier molecular flexibility index (Phi) is 9.20. The van der Waals surface area contributed by atoms with Gasteiger partial charge < -0.3 is 19.7 Å². The molecule has 0 unspecified atom stereocenters. The largest absolute Gasteiger partial charge is 0.493 e. The highest BCUT2D eigenvalue weighted by Gasteiger charge is 2.26. The molecular formula is C20H30O4. The molecule has 134 valence electrons. The van der Waals surface area contributed by atoms with Crippen LogP contribution in [0.5, 0.6) is 11.5 Å². The maximum absolute atomic E-state index is 10.3. The summed E-state index contributed by atoms with van der Waals surface area (Å²) < 4.78 is 11.0. The molecule has 0 spiro atoms. The van der Waals surface area contributed by atoms with Gasteiger partial charge in [-0.3, -0.25) is 0 Å². The normalized spacial score (nSPS) is 12.2. The summed E-state index contributed by atoms with van der Waals surface area (Å²) in [4.78, 5) is 0. The first kappa shape index (κ1) is 20.3. The average Bonchev–Trinajstić information content (AvgIpc) is 2.58. The molecule has 0 radical (unpaired) electrons. The lowest BCUT2D eigenvalue weighted by atomic mass is 10.00. The van der Waals surface area contributed by atoms with Gasteiger partial charge in [-0.05, 0) is 43.9 Å². The fourth-order valence-corrected chi connectivity index (χ4v) is 2.27. The molecule has 0 heterocycles. The zero-order valence-electron chi connectivity index (χ0n) is 15.0. The van der Waals surface area contributed by atoms with Gasteiger partial charge in [-0.1, -0.05) is 38.2 Å². The lowest BCUT2D eigenvalue weighted by Crippen LogP contribution is -2.24. The van der Waals surface area contributed by atoms with Crippen molar-refractivity contribution < 1.29 is 19.7 Å². The van der Waals surface area contributed by atoms with Gasteiger partial charge in [0.05, 0.1) is 13.7 Å². The van der Waals surface area contributed by atoms with E-state index >= 15 is 0 Å². The third kappa shape index (κ3) is 6.77. The van der Waals surface area contributed by atoms with E-state index in [0.717, 1.165) is 19.3 Å². The second-order valence-corrected chi connectivity index (χ2v) is 5.62. The van der Waals surface area contributed by atoms with Crippen molar-refractivity contribution in [3.05, 3.63) is 48.1 Å². The molecule has 0 aliphatic rings. The maximum Gasteiger partial charge on any atom is 0.190 e. The molecule has 0 bridgehead atoms. The molecule has 0 fully saturated rings. The van der Waals surface area contributed by atoms with E-state index in [0.29, 0.717) is 30.1 Å². The van der Waals surface area contributed by atoms with Crippen molar-refractivity contribution in [2.75, 3.05) is 13.7 Å². The number of hydrogen-bond acceptors (Lipinski definition) is 4.